The Morgan fingerprint density at radius 1 is 0.263 bits per heavy atom. The number of fused-ring (bicyclic) bond motifs is 3. The molecule has 4 nitrogen and oxygen atoms in total. The maximum atomic E-state index is 6.38. The third-order valence-electron chi connectivity index (χ3n) is 14.8. The number of nitrogens with zero attached hydrogens (tertiary/aromatic N) is 3. The second-order valence-corrected chi connectivity index (χ2v) is 19.6. The number of hydrogen-bond donors (Lipinski definition) is 0. The van der Waals surface area contributed by atoms with E-state index in [2.05, 4.69) is 206 Å². The summed E-state index contributed by atoms with van der Waals surface area (Å²) < 4.78 is 6.38. The minimum absolute atomic E-state index is 0. The maximum absolute atomic E-state index is 6.38. The van der Waals surface area contributed by atoms with Gasteiger partial charge in [0.2, 0.25) is 0 Å². The van der Waals surface area contributed by atoms with E-state index >= 15 is 0 Å². The molecule has 0 unspecified atom stereocenters. The first kappa shape index (κ1) is 49.7. The summed E-state index contributed by atoms with van der Waals surface area (Å²) in [6, 6.07) is 102. The Morgan fingerprint density at radius 3 is 1.27 bits per heavy atom. The van der Waals surface area contributed by atoms with Crippen molar-refractivity contribution in [1.82, 2.24) is 15.0 Å². The van der Waals surface area contributed by atoms with Crippen molar-refractivity contribution in [3.05, 3.63) is 298 Å². The summed E-state index contributed by atoms with van der Waals surface area (Å²) in [6.07, 6.45) is 5.99. The van der Waals surface area contributed by atoms with E-state index in [1.54, 1.807) is 0 Å². The van der Waals surface area contributed by atoms with E-state index in [-0.39, 0.29) is 20.1 Å². The standard InChI is InChI=1S/C75H46N3O.Ir/c1-4-18-50(19-5-1)51-32-34-52(35-33-51)69-46-73(55-36-39-68-67-30-16-17-31-74(67)79-75(68)45-55)78-49-70(69)66-29-15-14-28-65(66)60-43-58(63-26-12-10-24-61(63)56-37-40-71(76-47-56)53-20-6-2-7-21-53)42-59(44-60)64-27-13-11-25-62(64)57-38-41-72(77-48-57)54-22-8-3-9-23-54;/h1-20,22,24-35,37-49H;/q-3;+3. The maximum Gasteiger partial charge on any atom is 3.00 e. The number of furan rings is 1. The summed E-state index contributed by atoms with van der Waals surface area (Å²) in [5.74, 6) is 0. The van der Waals surface area contributed by atoms with Gasteiger partial charge in [0.1, 0.15) is 5.58 Å². The van der Waals surface area contributed by atoms with E-state index < -0.39 is 0 Å². The smallest absolute Gasteiger partial charge is 0.476 e. The van der Waals surface area contributed by atoms with E-state index in [0.717, 1.165) is 139 Å². The van der Waals surface area contributed by atoms with Crippen molar-refractivity contribution in [3.63, 3.8) is 0 Å². The van der Waals surface area contributed by atoms with E-state index in [1.165, 1.54) is 5.56 Å². The van der Waals surface area contributed by atoms with Crippen molar-refractivity contribution in [1.29, 1.82) is 0 Å². The Labute approximate surface area is 478 Å². The third-order valence-corrected chi connectivity index (χ3v) is 14.8. The van der Waals surface area contributed by atoms with Gasteiger partial charge in [-0.1, -0.05) is 187 Å². The number of hydrogen-bond acceptors (Lipinski definition) is 4. The molecule has 14 rings (SSSR count). The van der Waals surface area contributed by atoms with Gasteiger partial charge in [0.25, 0.3) is 0 Å². The summed E-state index contributed by atoms with van der Waals surface area (Å²) in [5, 5.41) is 2.10. The van der Waals surface area contributed by atoms with Crippen molar-refractivity contribution in [3.8, 4) is 123 Å². The Morgan fingerprint density at radius 2 is 0.725 bits per heavy atom. The van der Waals surface area contributed by atoms with Crippen LogP contribution in [0.5, 0.6) is 0 Å². The van der Waals surface area contributed by atoms with Crippen LogP contribution in [0.15, 0.2) is 284 Å². The van der Waals surface area contributed by atoms with Crippen LogP contribution in [0.25, 0.3) is 145 Å². The summed E-state index contributed by atoms with van der Waals surface area (Å²) in [5.41, 5.74) is 24.2. The molecule has 14 aromatic rings. The topological polar surface area (TPSA) is 51.8 Å². The number of rotatable bonds is 11. The molecule has 0 saturated heterocycles. The molecule has 4 aromatic heterocycles. The fourth-order valence-corrected chi connectivity index (χ4v) is 10.9. The molecule has 0 N–H and O–H groups in total. The molecular formula is C75H46IrN3O. The van der Waals surface area contributed by atoms with Gasteiger partial charge in [-0.15, -0.1) is 89.5 Å². The fourth-order valence-electron chi connectivity index (χ4n) is 10.9. The first-order chi connectivity index (χ1) is 39.1. The number of benzene rings is 10. The quantitative estimate of drug-likeness (QED) is 0.121. The van der Waals surface area contributed by atoms with Crippen LogP contribution >= 0.6 is 0 Å². The zero-order valence-corrected chi connectivity index (χ0v) is 45.5. The second-order valence-electron chi connectivity index (χ2n) is 19.6. The number of pyridine rings is 3. The molecule has 376 valence electrons. The second kappa shape index (κ2) is 21.9. The van der Waals surface area contributed by atoms with Crippen LogP contribution in [0.2, 0.25) is 0 Å². The molecule has 0 radical (unpaired) electrons. The van der Waals surface area contributed by atoms with Crippen molar-refractivity contribution >= 4 is 21.9 Å². The Balaban J connectivity index is 0.00000605. The van der Waals surface area contributed by atoms with Crippen LogP contribution in [0.4, 0.5) is 0 Å². The van der Waals surface area contributed by atoms with Gasteiger partial charge in [0.15, 0.2) is 0 Å². The first-order valence-corrected chi connectivity index (χ1v) is 26.5. The molecule has 0 aliphatic rings. The predicted molar refractivity (Wildman–Crippen MR) is 323 cm³/mol. The number of aromatic nitrogens is 3. The molecule has 0 aliphatic heterocycles. The van der Waals surface area contributed by atoms with Crippen molar-refractivity contribution in [2.75, 3.05) is 0 Å². The van der Waals surface area contributed by atoms with Crippen LogP contribution in [0.3, 0.4) is 0 Å². The molecule has 0 aliphatic carbocycles. The van der Waals surface area contributed by atoms with Crippen molar-refractivity contribution < 1.29 is 24.5 Å². The van der Waals surface area contributed by atoms with Crippen LogP contribution in [-0.4, -0.2) is 15.0 Å². The van der Waals surface area contributed by atoms with E-state index in [4.69, 9.17) is 19.4 Å². The van der Waals surface area contributed by atoms with Crippen molar-refractivity contribution in [2.45, 2.75) is 0 Å². The monoisotopic (exact) mass is 1200 g/mol. The largest absolute Gasteiger partial charge is 3.00 e. The Bertz CT molecular complexity index is 4360. The van der Waals surface area contributed by atoms with E-state index in [0.29, 0.717) is 0 Å². The number of para-hydroxylation sites is 1. The zero-order valence-electron chi connectivity index (χ0n) is 43.1. The minimum atomic E-state index is 0. The van der Waals surface area contributed by atoms with Gasteiger partial charge in [0.05, 0.1) is 5.58 Å². The average Bonchev–Trinajstić information content (AvgIpc) is 4.06. The molecule has 0 saturated carbocycles. The van der Waals surface area contributed by atoms with Gasteiger partial charge in [-0.3, -0.25) is 0 Å². The van der Waals surface area contributed by atoms with E-state index in [9.17, 15) is 0 Å². The molecule has 0 spiro atoms. The van der Waals surface area contributed by atoms with Crippen LogP contribution in [0, 0.1) is 18.2 Å². The summed E-state index contributed by atoms with van der Waals surface area (Å²) in [6.45, 7) is 0. The molecule has 10 aromatic carbocycles. The van der Waals surface area contributed by atoms with Gasteiger partial charge in [0, 0.05) is 24.2 Å². The molecule has 0 atom stereocenters. The van der Waals surface area contributed by atoms with Gasteiger partial charge in [-0.25, -0.2) is 0 Å². The van der Waals surface area contributed by atoms with Crippen LogP contribution < -0.4 is 0 Å². The van der Waals surface area contributed by atoms with Gasteiger partial charge in [-0.05, 0) is 130 Å². The van der Waals surface area contributed by atoms with E-state index in [1.807, 2.05) is 91.4 Å². The van der Waals surface area contributed by atoms with Crippen molar-refractivity contribution in [2.24, 2.45) is 0 Å². The summed E-state index contributed by atoms with van der Waals surface area (Å²) in [4.78, 5) is 15.2. The minimum Gasteiger partial charge on any atom is -0.476 e. The molecule has 0 bridgehead atoms. The van der Waals surface area contributed by atoms with Gasteiger partial charge < -0.3 is 19.4 Å². The fraction of sp³-hybridized carbons (Fsp3) is 0. The van der Waals surface area contributed by atoms with Gasteiger partial charge >= 0.3 is 20.1 Å². The SMILES string of the molecule is [Ir+3].[c-]1ccccc1-c1ccc(-c2ccccc2-c2cc(-c3ccccc3-c3ccc(-c4[c-]cccc4)nc3)cc(-c3ccccc3-c3cnc(-c4[c-]cc5c(c4)oc4ccccc45)cc3-c3ccc(-c4ccccc4)cc3)c2)cn1. The predicted octanol–water partition coefficient (Wildman–Crippen LogP) is 19.5. The average molecular weight is 1200 g/mol. The molecule has 0 amide bonds. The molecule has 5 heteroatoms. The van der Waals surface area contributed by atoms with Crippen LogP contribution in [0.1, 0.15) is 0 Å². The molecule has 0 fully saturated rings. The van der Waals surface area contributed by atoms with Gasteiger partial charge in [-0.2, -0.15) is 0 Å². The molecule has 4 heterocycles. The normalized spacial score (nSPS) is 11.2. The summed E-state index contributed by atoms with van der Waals surface area (Å²) in [7, 11) is 0. The molecule has 80 heavy (non-hydrogen) atoms. The first-order valence-electron chi connectivity index (χ1n) is 26.5. The molecular weight excluding hydrogens is 1150 g/mol. The zero-order chi connectivity index (χ0) is 52.5. The Hall–Kier alpha value is -9.90. The summed E-state index contributed by atoms with van der Waals surface area (Å²) >= 11 is 0. The van der Waals surface area contributed by atoms with Crippen LogP contribution in [-0.2, 0) is 20.1 Å². The third kappa shape index (κ3) is 9.67. The Kier molecular flexibility index (Phi) is 13.6.